The second-order valence-electron chi connectivity index (χ2n) is 6.65. The number of allylic oxidation sites excluding steroid dienone is 2. The number of carbonyl (C=O) groups is 2. The highest BCUT2D eigenvalue weighted by atomic mass is 16.6. The summed E-state index contributed by atoms with van der Waals surface area (Å²) in [6, 6.07) is 18.5. The molecule has 1 atom stereocenters. The lowest BCUT2D eigenvalue weighted by atomic mass is 10.0. The van der Waals surface area contributed by atoms with Crippen molar-refractivity contribution < 1.29 is 14.3 Å². The first kappa shape index (κ1) is 18.9. The van der Waals surface area contributed by atoms with Crippen molar-refractivity contribution >= 4 is 11.9 Å². The molecule has 0 bridgehead atoms. The van der Waals surface area contributed by atoms with Crippen LogP contribution >= 0.6 is 0 Å². The fraction of sp³-hybridized carbons (Fsp3) is 0.304. The summed E-state index contributed by atoms with van der Waals surface area (Å²) in [6.07, 6.45) is 5.38. The third-order valence-electron chi connectivity index (χ3n) is 4.73. The van der Waals surface area contributed by atoms with Crippen molar-refractivity contribution in [1.82, 2.24) is 4.90 Å². The molecule has 1 saturated heterocycles. The van der Waals surface area contributed by atoms with Crippen LogP contribution in [0.5, 0.6) is 0 Å². The normalized spacial score (nSPS) is 17.1. The smallest absolute Gasteiger partial charge is 0.415 e. The van der Waals surface area contributed by atoms with Gasteiger partial charge in [0.2, 0.25) is 5.78 Å². The first-order valence-electron chi connectivity index (χ1n) is 9.53. The quantitative estimate of drug-likeness (QED) is 0.352. The lowest BCUT2D eigenvalue weighted by molar-refractivity contribution is 0.0987. The average Bonchev–Trinajstić information content (AvgIpc) is 3.10. The Kier molecular flexibility index (Phi) is 6.42. The van der Waals surface area contributed by atoms with E-state index in [1.165, 1.54) is 4.90 Å². The Morgan fingerprint density at radius 1 is 1.07 bits per heavy atom. The van der Waals surface area contributed by atoms with Crippen LogP contribution in [0, 0.1) is 0 Å². The van der Waals surface area contributed by atoms with E-state index in [0.29, 0.717) is 11.3 Å². The van der Waals surface area contributed by atoms with E-state index in [0.717, 1.165) is 31.2 Å². The van der Waals surface area contributed by atoms with Gasteiger partial charge in [-0.2, -0.15) is 0 Å². The standard InChI is InChI=1S/C23H25NO3/c1-2-3-4-11-16-20(22(25)19-14-9-6-10-15-19)24-21(17-27-23(24)26)18-12-7-5-8-13-18/h5-10,12-16,21H,2-4,11,17H2,1H3/b20-16-/t21-/m1/s1. The summed E-state index contributed by atoms with van der Waals surface area (Å²) in [5.41, 5.74) is 1.95. The Balaban J connectivity index is 1.95. The summed E-state index contributed by atoms with van der Waals surface area (Å²) >= 11 is 0. The SMILES string of the molecule is CCCCC/C=C(/C(=O)c1ccccc1)N1C(=O)OC[C@@H]1c1ccccc1. The van der Waals surface area contributed by atoms with Gasteiger partial charge in [0.1, 0.15) is 6.61 Å². The van der Waals surface area contributed by atoms with E-state index < -0.39 is 6.09 Å². The predicted octanol–water partition coefficient (Wildman–Crippen LogP) is 5.53. The Bertz CT molecular complexity index is 799. The Hall–Kier alpha value is -2.88. The van der Waals surface area contributed by atoms with Crippen molar-refractivity contribution in [2.75, 3.05) is 6.61 Å². The summed E-state index contributed by atoms with van der Waals surface area (Å²) < 4.78 is 5.32. The monoisotopic (exact) mass is 363 g/mol. The van der Waals surface area contributed by atoms with Crippen molar-refractivity contribution in [1.29, 1.82) is 0 Å². The Morgan fingerprint density at radius 2 is 1.74 bits per heavy atom. The van der Waals surface area contributed by atoms with Gasteiger partial charge in [-0.05, 0) is 18.4 Å². The molecular formula is C23H25NO3. The van der Waals surface area contributed by atoms with E-state index >= 15 is 0 Å². The molecule has 0 aliphatic carbocycles. The van der Waals surface area contributed by atoms with Gasteiger partial charge in [-0.3, -0.25) is 9.69 Å². The highest BCUT2D eigenvalue weighted by Gasteiger charge is 2.38. The van der Waals surface area contributed by atoms with E-state index in [1.54, 1.807) is 12.1 Å². The van der Waals surface area contributed by atoms with Crippen LogP contribution in [0.2, 0.25) is 0 Å². The Labute approximate surface area is 160 Å². The van der Waals surface area contributed by atoms with Gasteiger partial charge < -0.3 is 4.74 Å². The average molecular weight is 363 g/mol. The molecule has 4 nitrogen and oxygen atoms in total. The van der Waals surface area contributed by atoms with E-state index in [-0.39, 0.29) is 18.4 Å². The molecule has 2 aromatic rings. The van der Waals surface area contributed by atoms with Crippen LogP contribution in [0.4, 0.5) is 4.79 Å². The van der Waals surface area contributed by atoms with Gasteiger partial charge in [0.05, 0.1) is 11.7 Å². The van der Waals surface area contributed by atoms with Gasteiger partial charge in [-0.1, -0.05) is 86.5 Å². The molecule has 0 spiro atoms. The molecule has 0 N–H and O–H groups in total. The zero-order chi connectivity index (χ0) is 19.1. The molecule has 1 aliphatic rings. The molecule has 2 aromatic carbocycles. The zero-order valence-electron chi connectivity index (χ0n) is 15.6. The van der Waals surface area contributed by atoms with Crippen LogP contribution in [-0.2, 0) is 4.74 Å². The number of rotatable bonds is 8. The Morgan fingerprint density at radius 3 is 2.41 bits per heavy atom. The van der Waals surface area contributed by atoms with Crippen molar-refractivity contribution in [2.45, 2.75) is 38.6 Å². The number of benzene rings is 2. The molecule has 1 fully saturated rings. The number of hydrogen-bond donors (Lipinski definition) is 0. The molecule has 1 amide bonds. The topological polar surface area (TPSA) is 46.6 Å². The maximum absolute atomic E-state index is 13.2. The number of cyclic esters (lactones) is 1. The number of amides is 1. The minimum absolute atomic E-state index is 0.146. The number of nitrogens with zero attached hydrogens (tertiary/aromatic N) is 1. The van der Waals surface area contributed by atoms with Crippen molar-refractivity contribution in [3.63, 3.8) is 0 Å². The molecule has 27 heavy (non-hydrogen) atoms. The second kappa shape index (κ2) is 9.17. The summed E-state index contributed by atoms with van der Waals surface area (Å²) in [4.78, 5) is 27.3. The molecule has 140 valence electrons. The number of unbranched alkanes of at least 4 members (excludes halogenated alkanes) is 3. The van der Waals surface area contributed by atoms with Crippen molar-refractivity contribution in [3.05, 3.63) is 83.6 Å². The van der Waals surface area contributed by atoms with Crippen LogP contribution in [0.25, 0.3) is 0 Å². The summed E-state index contributed by atoms with van der Waals surface area (Å²) in [5, 5.41) is 0. The van der Waals surface area contributed by atoms with Crippen LogP contribution in [-0.4, -0.2) is 23.4 Å². The number of hydrogen-bond acceptors (Lipinski definition) is 3. The lowest BCUT2D eigenvalue weighted by Gasteiger charge is -2.24. The van der Waals surface area contributed by atoms with Crippen LogP contribution in [0.1, 0.15) is 54.6 Å². The van der Waals surface area contributed by atoms with Crippen LogP contribution in [0.3, 0.4) is 0 Å². The highest BCUT2D eigenvalue weighted by molar-refractivity contribution is 6.10. The first-order valence-corrected chi connectivity index (χ1v) is 9.53. The maximum Gasteiger partial charge on any atom is 0.415 e. The van der Waals surface area contributed by atoms with Gasteiger partial charge in [0.25, 0.3) is 0 Å². The predicted molar refractivity (Wildman–Crippen MR) is 105 cm³/mol. The number of ketones is 1. The molecule has 3 rings (SSSR count). The van der Waals surface area contributed by atoms with E-state index in [4.69, 9.17) is 4.74 Å². The fourth-order valence-corrected chi connectivity index (χ4v) is 3.28. The minimum Gasteiger partial charge on any atom is -0.447 e. The molecule has 0 unspecified atom stereocenters. The second-order valence-corrected chi connectivity index (χ2v) is 6.65. The van der Waals surface area contributed by atoms with E-state index in [9.17, 15) is 9.59 Å². The van der Waals surface area contributed by atoms with E-state index in [2.05, 4.69) is 6.92 Å². The maximum atomic E-state index is 13.2. The van der Waals surface area contributed by atoms with Gasteiger partial charge >= 0.3 is 6.09 Å². The molecule has 0 radical (unpaired) electrons. The molecule has 0 aromatic heterocycles. The summed E-state index contributed by atoms with van der Waals surface area (Å²) in [7, 11) is 0. The molecule has 1 heterocycles. The van der Waals surface area contributed by atoms with Crippen molar-refractivity contribution in [3.8, 4) is 0 Å². The third kappa shape index (κ3) is 4.45. The van der Waals surface area contributed by atoms with Gasteiger partial charge in [0.15, 0.2) is 0 Å². The molecular weight excluding hydrogens is 338 g/mol. The summed E-state index contributed by atoms with van der Waals surface area (Å²) in [6.45, 7) is 2.39. The minimum atomic E-state index is -0.463. The van der Waals surface area contributed by atoms with Crippen molar-refractivity contribution in [2.24, 2.45) is 0 Å². The van der Waals surface area contributed by atoms with Gasteiger partial charge in [-0.25, -0.2) is 4.79 Å². The molecule has 0 saturated carbocycles. The molecule has 1 aliphatic heterocycles. The van der Waals surface area contributed by atoms with Gasteiger partial charge in [0, 0.05) is 5.56 Å². The zero-order valence-corrected chi connectivity index (χ0v) is 15.6. The first-order chi connectivity index (χ1) is 13.2. The number of ether oxygens (including phenoxy) is 1. The fourth-order valence-electron chi connectivity index (χ4n) is 3.28. The highest BCUT2D eigenvalue weighted by Crippen LogP contribution is 2.33. The number of carbonyl (C=O) groups excluding carboxylic acids is 2. The largest absolute Gasteiger partial charge is 0.447 e. The number of Topliss-reactive ketones (excluding diaryl/α,β-unsaturated/α-hetero) is 1. The van der Waals surface area contributed by atoms with Gasteiger partial charge in [-0.15, -0.1) is 0 Å². The van der Waals surface area contributed by atoms with E-state index in [1.807, 2.05) is 54.6 Å². The van der Waals surface area contributed by atoms with Crippen LogP contribution in [0.15, 0.2) is 72.4 Å². The molecule has 4 heteroatoms. The lowest BCUT2D eigenvalue weighted by Crippen LogP contribution is -2.31. The summed E-state index contributed by atoms with van der Waals surface area (Å²) in [5.74, 6) is -0.146. The third-order valence-corrected chi connectivity index (χ3v) is 4.73. The van der Waals surface area contributed by atoms with Crippen LogP contribution < -0.4 is 0 Å².